The lowest BCUT2D eigenvalue weighted by molar-refractivity contribution is 0.644. The molecule has 2 heterocycles. The van der Waals surface area contributed by atoms with Gasteiger partial charge in [-0.15, -0.1) is 11.3 Å². The van der Waals surface area contributed by atoms with Crippen LogP contribution in [0, 0.1) is 6.92 Å². The number of hydrogen-bond donors (Lipinski definition) is 1. The third-order valence-electron chi connectivity index (χ3n) is 2.96. The lowest BCUT2D eigenvalue weighted by atomic mass is 10.1. The van der Waals surface area contributed by atoms with Crippen molar-refractivity contribution in [3.05, 3.63) is 38.8 Å². The van der Waals surface area contributed by atoms with Crippen LogP contribution in [0.3, 0.4) is 0 Å². The minimum Gasteiger partial charge on any atom is -0.311 e. The fourth-order valence-corrected chi connectivity index (χ4v) is 3.96. The second kappa shape index (κ2) is 4.52. The highest BCUT2D eigenvalue weighted by molar-refractivity contribution is 9.10. The Balaban J connectivity index is 2.06. The molecule has 1 aliphatic heterocycles. The molecule has 1 aliphatic rings. The Kier molecular flexibility index (Phi) is 3.03. The van der Waals surface area contributed by atoms with Crippen molar-refractivity contribution >= 4 is 27.3 Å². The minimum absolute atomic E-state index is 0.969. The van der Waals surface area contributed by atoms with Gasteiger partial charge in [-0.25, -0.2) is 4.98 Å². The Morgan fingerprint density at radius 2 is 2.29 bits per heavy atom. The van der Waals surface area contributed by atoms with Gasteiger partial charge in [0.15, 0.2) is 0 Å². The number of aryl methyl sites for hydroxylation is 1. The first-order chi connectivity index (χ1) is 8.24. The van der Waals surface area contributed by atoms with E-state index in [4.69, 9.17) is 4.98 Å². The zero-order valence-corrected chi connectivity index (χ0v) is 12.0. The van der Waals surface area contributed by atoms with Gasteiger partial charge in [-0.2, -0.15) is 0 Å². The summed E-state index contributed by atoms with van der Waals surface area (Å²) in [4.78, 5) is 6.15. The summed E-state index contributed by atoms with van der Waals surface area (Å²) in [7, 11) is 0. The highest BCUT2D eigenvalue weighted by atomic mass is 79.9. The van der Waals surface area contributed by atoms with E-state index >= 15 is 0 Å². The topological polar surface area (TPSA) is 24.9 Å². The molecule has 17 heavy (non-hydrogen) atoms. The lowest BCUT2D eigenvalue weighted by Gasteiger charge is -2.09. The van der Waals surface area contributed by atoms with Crippen molar-refractivity contribution in [1.29, 1.82) is 0 Å². The van der Waals surface area contributed by atoms with Crippen molar-refractivity contribution in [3.63, 3.8) is 0 Å². The van der Waals surface area contributed by atoms with E-state index in [-0.39, 0.29) is 0 Å². The predicted octanol–water partition coefficient (Wildman–Crippen LogP) is 3.53. The maximum atomic E-state index is 4.76. The maximum Gasteiger partial charge on any atom is 0.125 e. The van der Waals surface area contributed by atoms with Crippen molar-refractivity contribution in [2.24, 2.45) is 0 Å². The highest BCUT2D eigenvalue weighted by Gasteiger charge is 2.16. The van der Waals surface area contributed by atoms with Gasteiger partial charge in [-0.1, -0.05) is 28.1 Å². The van der Waals surface area contributed by atoms with Gasteiger partial charge in [0.1, 0.15) is 5.01 Å². The molecule has 4 heteroatoms. The molecule has 0 unspecified atom stereocenters. The maximum absolute atomic E-state index is 4.76. The molecule has 0 amide bonds. The Morgan fingerprint density at radius 3 is 3.06 bits per heavy atom. The molecule has 0 saturated carbocycles. The molecule has 0 atom stereocenters. The number of aromatic nitrogens is 1. The Bertz CT molecular complexity index is 539. The number of nitrogens with one attached hydrogen (secondary N) is 1. The second-order valence-electron chi connectivity index (χ2n) is 4.30. The van der Waals surface area contributed by atoms with Gasteiger partial charge in [-0.05, 0) is 18.6 Å². The van der Waals surface area contributed by atoms with Gasteiger partial charge >= 0.3 is 0 Å². The molecule has 1 N–H and O–H groups in total. The number of hydrogen-bond acceptors (Lipinski definition) is 3. The molecule has 0 radical (unpaired) electrons. The van der Waals surface area contributed by atoms with Crippen LogP contribution in [0.15, 0.2) is 22.7 Å². The SMILES string of the molecule is Cc1ccc(-c2nc3c(s2)CNCC3)c(Br)c1. The van der Waals surface area contributed by atoms with Crippen molar-refractivity contribution in [3.8, 4) is 10.6 Å². The lowest BCUT2D eigenvalue weighted by Crippen LogP contribution is -2.22. The fourth-order valence-electron chi connectivity index (χ4n) is 2.03. The summed E-state index contributed by atoms with van der Waals surface area (Å²) in [5.74, 6) is 0. The van der Waals surface area contributed by atoms with Crippen LogP contribution in [0.4, 0.5) is 0 Å². The molecular weight excluding hydrogens is 296 g/mol. The Hall–Kier alpha value is -0.710. The van der Waals surface area contributed by atoms with Gasteiger partial charge < -0.3 is 5.32 Å². The second-order valence-corrected chi connectivity index (χ2v) is 6.24. The monoisotopic (exact) mass is 308 g/mol. The van der Waals surface area contributed by atoms with E-state index in [0.29, 0.717) is 0 Å². The molecule has 88 valence electrons. The molecule has 0 aliphatic carbocycles. The van der Waals surface area contributed by atoms with Crippen LogP contribution in [-0.2, 0) is 13.0 Å². The summed E-state index contributed by atoms with van der Waals surface area (Å²) < 4.78 is 1.14. The first kappa shape index (κ1) is 11.4. The van der Waals surface area contributed by atoms with E-state index in [1.807, 2.05) is 0 Å². The van der Waals surface area contributed by atoms with Crippen molar-refractivity contribution in [1.82, 2.24) is 10.3 Å². The average Bonchev–Trinajstić information content (AvgIpc) is 2.72. The normalized spacial score (nSPS) is 14.7. The zero-order valence-electron chi connectivity index (χ0n) is 9.59. The van der Waals surface area contributed by atoms with Gasteiger partial charge in [0.2, 0.25) is 0 Å². The largest absolute Gasteiger partial charge is 0.311 e. The first-order valence-electron chi connectivity index (χ1n) is 5.70. The molecular formula is C13H13BrN2S. The van der Waals surface area contributed by atoms with Gasteiger partial charge in [-0.3, -0.25) is 0 Å². The number of halogens is 1. The van der Waals surface area contributed by atoms with Crippen LogP contribution in [0.25, 0.3) is 10.6 Å². The van der Waals surface area contributed by atoms with Crippen molar-refractivity contribution in [2.45, 2.75) is 19.9 Å². The Labute approximate surface area is 113 Å². The smallest absolute Gasteiger partial charge is 0.125 e. The zero-order chi connectivity index (χ0) is 11.8. The molecule has 0 bridgehead atoms. The summed E-state index contributed by atoms with van der Waals surface area (Å²) >= 11 is 5.43. The van der Waals surface area contributed by atoms with Crippen LogP contribution >= 0.6 is 27.3 Å². The summed E-state index contributed by atoms with van der Waals surface area (Å²) in [6.07, 6.45) is 1.05. The average molecular weight is 309 g/mol. The number of rotatable bonds is 1. The van der Waals surface area contributed by atoms with E-state index in [2.05, 4.69) is 46.4 Å². The van der Waals surface area contributed by atoms with E-state index in [1.54, 1.807) is 11.3 Å². The van der Waals surface area contributed by atoms with Crippen LogP contribution < -0.4 is 5.32 Å². The molecule has 0 fully saturated rings. The molecule has 0 saturated heterocycles. The summed E-state index contributed by atoms with van der Waals surface area (Å²) in [5, 5.41) is 4.52. The van der Waals surface area contributed by atoms with E-state index < -0.39 is 0 Å². The summed E-state index contributed by atoms with van der Waals surface area (Å²) in [6, 6.07) is 6.43. The Morgan fingerprint density at radius 1 is 1.41 bits per heavy atom. The van der Waals surface area contributed by atoms with Crippen LogP contribution in [0.5, 0.6) is 0 Å². The molecule has 2 aromatic rings. The van der Waals surface area contributed by atoms with E-state index in [1.165, 1.54) is 21.7 Å². The van der Waals surface area contributed by atoms with Crippen molar-refractivity contribution in [2.75, 3.05) is 6.54 Å². The molecule has 1 aromatic heterocycles. The summed E-state index contributed by atoms with van der Waals surface area (Å²) in [5.41, 5.74) is 3.75. The van der Waals surface area contributed by atoms with E-state index in [0.717, 1.165) is 29.0 Å². The number of benzene rings is 1. The quantitative estimate of drug-likeness (QED) is 0.872. The minimum atomic E-state index is 0.969. The van der Waals surface area contributed by atoms with Gasteiger partial charge in [0, 0.05) is 34.4 Å². The number of fused-ring (bicyclic) bond motifs is 1. The van der Waals surface area contributed by atoms with Crippen LogP contribution in [-0.4, -0.2) is 11.5 Å². The molecule has 1 aromatic carbocycles. The standard InChI is InChI=1S/C13H13BrN2S/c1-8-2-3-9(10(14)6-8)13-16-11-4-5-15-7-12(11)17-13/h2-3,6,15H,4-5,7H2,1H3. The first-order valence-corrected chi connectivity index (χ1v) is 7.31. The van der Waals surface area contributed by atoms with Crippen molar-refractivity contribution < 1.29 is 0 Å². The third-order valence-corrected chi connectivity index (χ3v) is 4.74. The fraction of sp³-hybridized carbons (Fsp3) is 0.308. The van der Waals surface area contributed by atoms with Crippen LogP contribution in [0.1, 0.15) is 16.1 Å². The summed E-state index contributed by atoms with van der Waals surface area (Å²) in [6.45, 7) is 4.12. The number of nitrogens with zero attached hydrogens (tertiary/aromatic N) is 1. The molecule has 3 rings (SSSR count). The van der Waals surface area contributed by atoms with Gasteiger partial charge in [0.05, 0.1) is 5.69 Å². The van der Waals surface area contributed by atoms with Crippen LogP contribution in [0.2, 0.25) is 0 Å². The van der Waals surface area contributed by atoms with Gasteiger partial charge in [0.25, 0.3) is 0 Å². The molecule has 2 nitrogen and oxygen atoms in total. The van der Waals surface area contributed by atoms with E-state index in [9.17, 15) is 0 Å². The number of thiazole rings is 1. The molecule has 0 spiro atoms. The highest BCUT2D eigenvalue weighted by Crippen LogP contribution is 2.34. The third kappa shape index (κ3) is 2.17. The predicted molar refractivity (Wildman–Crippen MR) is 75.4 cm³/mol.